The summed E-state index contributed by atoms with van der Waals surface area (Å²) in [5.74, 6) is 0. The number of hydrogen-bond donors (Lipinski definition) is 1. The lowest BCUT2D eigenvalue weighted by Gasteiger charge is -2.30. The molecule has 1 aromatic rings. The highest BCUT2D eigenvalue weighted by molar-refractivity contribution is 5.13. The summed E-state index contributed by atoms with van der Waals surface area (Å²) in [6.45, 7) is 6.95. The van der Waals surface area contributed by atoms with Crippen molar-refractivity contribution in [3.63, 3.8) is 0 Å². The van der Waals surface area contributed by atoms with Crippen molar-refractivity contribution >= 4 is 0 Å². The van der Waals surface area contributed by atoms with E-state index in [2.05, 4.69) is 28.2 Å². The van der Waals surface area contributed by atoms with Crippen molar-refractivity contribution in [3.8, 4) is 0 Å². The molecule has 1 unspecified atom stereocenters. The first-order chi connectivity index (χ1) is 7.88. The standard InChI is InChI=1S/C13H21N3/c1-12(13-5-2-6-15-11-13)16-9-3-7-14-8-4-10-16/h2,5-6,11-12,14H,3-4,7-10H2,1H3. The summed E-state index contributed by atoms with van der Waals surface area (Å²) in [6, 6.07) is 4.69. The van der Waals surface area contributed by atoms with Crippen LogP contribution in [0.25, 0.3) is 0 Å². The fraction of sp³-hybridized carbons (Fsp3) is 0.615. The van der Waals surface area contributed by atoms with E-state index in [1.807, 2.05) is 18.5 Å². The van der Waals surface area contributed by atoms with Crippen LogP contribution in [0.15, 0.2) is 24.5 Å². The smallest absolute Gasteiger partial charge is 0.0335 e. The molecule has 1 atom stereocenters. The van der Waals surface area contributed by atoms with E-state index in [4.69, 9.17) is 0 Å². The summed E-state index contributed by atoms with van der Waals surface area (Å²) in [5.41, 5.74) is 1.33. The SMILES string of the molecule is CC(c1cccnc1)N1CCCNCCC1. The van der Waals surface area contributed by atoms with Gasteiger partial charge in [0.25, 0.3) is 0 Å². The predicted molar refractivity (Wildman–Crippen MR) is 66.3 cm³/mol. The molecular formula is C13H21N3. The van der Waals surface area contributed by atoms with Crippen LogP contribution in [0.4, 0.5) is 0 Å². The van der Waals surface area contributed by atoms with E-state index in [-0.39, 0.29) is 0 Å². The van der Waals surface area contributed by atoms with Gasteiger partial charge < -0.3 is 5.32 Å². The fourth-order valence-corrected chi connectivity index (χ4v) is 2.27. The molecule has 88 valence electrons. The average Bonchev–Trinajstić information content (AvgIpc) is 2.29. The van der Waals surface area contributed by atoms with Crippen molar-refractivity contribution in [1.29, 1.82) is 0 Å². The molecule has 1 fully saturated rings. The zero-order valence-corrected chi connectivity index (χ0v) is 10.0. The van der Waals surface area contributed by atoms with E-state index >= 15 is 0 Å². The molecule has 3 heteroatoms. The Kier molecular flexibility index (Phi) is 4.31. The Hall–Kier alpha value is -0.930. The van der Waals surface area contributed by atoms with Gasteiger partial charge in [-0.2, -0.15) is 0 Å². The van der Waals surface area contributed by atoms with Crippen molar-refractivity contribution in [2.75, 3.05) is 26.2 Å². The van der Waals surface area contributed by atoms with Crippen LogP contribution in [-0.2, 0) is 0 Å². The first kappa shape index (κ1) is 11.6. The maximum absolute atomic E-state index is 4.20. The van der Waals surface area contributed by atoms with Crippen LogP contribution in [0, 0.1) is 0 Å². The van der Waals surface area contributed by atoms with Gasteiger partial charge in [-0.1, -0.05) is 6.07 Å². The zero-order chi connectivity index (χ0) is 11.2. The molecule has 1 aliphatic rings. The van der Waals surface area contributed by atoms with Crippen LogP contribution >= 0.6 is 0 Å². The fourth-order valence-electron chi connectivity index (χ4n) is 2.27. The molecule has 0 spiro atoms. The number of rotatable bonds is 2. The zero-order valence-electron chi connectivity index (χ0n) is 10.0. The molecule has 3 nitrogen and oxygen atoms in total. The molecule has 1 saturated heterocycles. The number of pyridine rings is 1. The van der Waals surface area contributed by atoms with Gasteiger partial charge in [-0.15, -0.1) is 0 Å². The minimum absolute atomic E-state index is 0.492. The van der Waals surface area contributed by atoms with Crippen LogP contribution in [0.2, 0.25) is 0 Å². The Bertz CT molecular complexity index is 291. The van der Waals surface area contributed by atoms with Crippen molar-refractivity contribution < 1.29 is 0 Å². The Labute approximate surface area is 97.9 Å². The Morgan fingerprint density at radius 1 is 1.31 bits per heavy atom. The van der Waals surface area contributed by atoms with Gasteiger partial charge in [0.2, 0.25) is 0 Å². The molecular weight excluding hydrogens is 198 g/mol. The highest BCUT2D eigenvalue weighted by Crippen LogP contribution is 2.19. The number of nitrogens with one attached hydrogen (secondary N) is 1. The monoisotopic (exact) mass is 219 g/mol. The second kappa shape index (κ2) is 5.97. The maximum Gasteiger partial charge on any atom is 0.0335 e. The van der Waals surface area contributed by atoms with E-state index in [1.54, 1.807) is 0 Å². The molecule has 0 aromatic carbocycles. The van der Waals surface area contributed by atoms with Crippen molar-refractivity contribution in [1.82, 2.24) is 15.2 Å². The molecule has 2 rings (SSSR count). The Balaban J connectivity index is 1.99. The molecule has 1 N–H and O–H groups in total. The normalized spacial score (nSPS) is 21.1. The van der Waals surface area contributed by atoms with Crippen LogP contribution < -0.4 is 5.32 Å². The number of aromatic nitrogens is 1. The third kappa shape index (κ3) is 3.03. The predicted octanol–water partition coefficient (Wildman–Crippen LogP) is 1.83. The summed E-state index contributed by atoms with van der Waals surface area (Å²) < 4.78 is 0. The van der Waals surface area contributed by atoms with E-state index < -0.39 is 0 Å². The van der Waals surface area contributed by atoms with Crippen molar-refractivity contribution in [3.05, 3.63) is 30.1 Å². The number of nitrogens with zero attached hydrogens (tertiary/aromatic N) is 2. The summed E-state index contributed by atoms with van der Waals surface area (Å²) >= 11 is 0. The second-order valence-electron chi connectivity index (χ2n) is 4.46. The first-order valence-electron chi connectivity index (χ1n) is 6.22. The quantitative estimate of drug-likeness (QED) is 0.822. The maximum atomic E-state index is 4.20. The van der Waals surface area contributed by atoms with E-state index in [9.17, 15) is 0 Å². The minimum Gasteiger partial charge on any atom is -0.317 e. The highest BCUT2D eigenvalue weighted by Gasteiger charge is 2.16. The third-order valence-electron chi connectivity index (χ3n) is 3.31. The Morgan fingerprint density at radius 2 is 2.06 bits per heavy atom. The second-order valence-corrected chi connectivity index (χ2v) is 4.46. The van der Waals surface area contributed by atoms with E-state index in [1.165, 1.54) is 31.5 Å². The van der Waals surface area contributed by atoms with E-state index in [0.29, 0.717) is 6.04 Å². The van der Waals surface area contributed by atoms with Gasteiger partial charge in [-0.3, -0.25) is 9.88 Å². The largest absolute Gasteiger partial charge is 0.317 e. The van der Waals surface area contributed by atoms with Gasteiger partial charge in [0.05, 0.1) is 0 Å². The van der Waals surface area contributed by atoms with Gasteiger partial charge >= 0.3 is 0 Å². The minimum atomic E-state index is 0.492. The molecule has 16 heavy (non-hydrogen) atoms. The van der Waals surface area contributed by atoms with Crippen molar-refractivity contribution in [2.24, 2.45) is 0 Å². The topological polar surface area (TPSA) is 28.2 Å². The lowest BCUT2D eigenvalue weighted by molar-refractivity contribution is 0.195. The van der Waals surface area contributed by atoms with Crippen LogP contribution in [-0.4, -0.2) is 36.1 Å². The van der Waals surface area contributed by atoms with Gasteiger partial charge in [-0.25, -0.2) is 0 Å². The van der Waals surface area contributed by atoms with Crippen LogP contribution in [0.5, 0.6) is 0 Å². The molecule has 0 amide bonds. The molecule has 0 bridgehead atoms. The summed E-state index contributed by atoms with van der Waals surface area (Å²) in [6.07, 6.45) is 6.31. The first-order valence-corrected chi connectivity index (χ1v) is 6.22. The molecule has 1 aromatic heterocycles. The highest BCUT2D eigenvalue weighted by atomic mass is 15.2. The van der Waals surface area contributed by atoms with Crippen LogP contribution in [0.1, 0.15) is 31.4 Å². The number of hydrogen-bond acceptors (Lipinski definition) is 3. The summed E-state index contributed by atoms with van der Waals surface area (Å²) in [5, 5.41) is 3.45. The van der Waals surface area contributed by atoms with Gasteiger partial charge in [0, 0.05) is 18.4 Å². The molecule has 2 heterocycles. The molecule has 1 aliphatic heterocycles. The molecule has 0 aliphatic carbocycles. The average molecular weight is 219 g/mol. The summed E-state index contributed by atoms with van der Waals surface area (Å²) in [7, 11) is 0. The van der Waals surface area contributed by atoms with Gasteiger partial charge in [0.1, 0.15) is 0 Å². The Morgan fingerprint density at radius 3 is 2.69 bits per heavy atom. The van der Waals surface area contributed by atoms with E-state index in [0.717, 1.165) is 13.1 Å². The molecule has 0 radical (unpaired) electrons. The third-order valence-corrected chi connectivity index (χ3v) is 3.31. The van der Waals surface area contributed by atoms with Gasteiger partial charge in [-0.05, 0) is 57.6 Å². The van der Waals surface area contributed by atoms with Crippen LogP contribution in [0.3, 0.4) is 0 Å². The lowest BCUT2D eigenvalue weighted by atomic mass is 10.1. The van der Waals surface area contributed by atoms with Crippen molar-refractivity contribution in [2.45, 2.75) is 25.8 Å². The lowest BCUT2D eigenvalue weighted by Crippen LogP contribution is -2.35. The molecule has 0 saturated carbocycles. The van der Waals surface area contributed by atoms with Gasteiger partial charge in [0.15, 0.2) is 0 Å². The summed E-state index contributed by atoms with van der Waals surface area (Å²) in [4.78, 5) is 6.77.